The van der Waals surface area contributed by atoms with E-state index >= 15 is 0 Å². The first-order valence-corrected chi connectivity index (χ1v) is 16.5. The molecule has 0 spiro atoms. The number of likely N-dealkylation sites (N-methyl/N-ethyl adjacent to an activating group) is 1. The summed E-state index contributed by atoms with van der Waals surface area (Å²) in [6, 6.07) is -0.858. The van der Waals surface area contributed by atoms with Crippen molar-refractivity contribution >= 4 is 34.0 Å². The zero-order valence-electron chi connectivity index (χ0n) is 25.2. The van der Waals surface area contributed by atoms with Crippen molar-refractivity contribution in [1.82, 2.24) is 25.6 Å². The first-order chi connectivity index (χ1) is 19.7. The largest absolute Gasteiger partial charge is 0.436 e. The van der Waals surface area contributed by atoms with Crippen LogP contribution in [0.3, 0.4) is 0 Å². The Morgan fingerprint density at radius 3 is 2.50 bits per heavy atom. The fourth-order valence-electron chi connectivity index (χ4n) is 5.93. The van der Waals surface area contributed by atoms with Crippen molar-refractivity contribution in [3.8, 4) is 0 Å². The summed E-state index contributed by atoms with van der Waals surface area (Å²) in [6.07, 6.45) is 6.69. The number of carbonyl (C=O) groups is 4. The Kier molecular flexibility index (Phi) is 9.58. The molecule has 0 unspecified atom stereocenters. The second-order valence-electron chi connectivity index (χ2n) is 13.2. The molecule has 0 bridgehead atoms. The van der Waals surface area contributed by atoms with Gasteiger partial charge < -0.3 is 25.6 Å². The minimum absolute atomic E-state index is 0.265. The van der Waals surface area contributed by atoms with E-state index in [1.165, 1.54) is 4.90 Å². The van der Waals surface area contributed by atoms with Gasteiger partial charge in [-0.15, -0.1) is 0 Å². The van der Waals surface area contributed by atoms with Crippen LogP contribution in [0.4, 0.5) is 4.79 Å². The van der Waals surface area contributed by atoms with E-state index in [9.17, 15) is 27.6 Å². The molecule has 4 amide bonds. The van der Waals surface area contributed by atoms with Gasteiger partial charge in [-0.3, -0.25) is 14.4 Å². The number of nitrogens with zero attached hydrogens (tertiary/aromatic N) is 2. The molecule has 42 heavy (non-hydrogen) atoms. The minimum atomic E-state index is -4.08. The summed E-state index contributed by atoms with van der Waals surface area (Å²) in [5.41, 5.74) is -1.97. The fourth-order valence-corrected chi connectivity index (χ4v) is 7.23. The van der Waals surface area contributed by atoms with Gasteiger partial charge in [-0.05, 0) is 65.7 Å². The minimum Gasteiger partial charge on any atom is -0.436 e. The molecule has 236 valence electrons. The summed E-state index contributed by atoms with van der Waals surface area (Å²) in [7, 11) is -2.50. The number of ether oxygens (including phenoxy) is 1. The first kappa shape index (κ1) is 32.2. The standard InChI is InChI=1S/C28H46N6O7S/c1-27(2,3)31-26(38)41-22-13-9-7-5-6-8-11-20-19-28(20,30-23(35)21-12-10-16-33(21)24(22)36)25(37)32-42(39,40)34(4)17-14-29-15-18-34/h8,11,20-22,29H,5-7,9-10,12-19H2,1-4H3,(H2-,30,31,32,35,37,38)/p+1/t20-,21+,22+,28-/m1/s1. The molecule has 3 fully saturated rings. The van der Waals surface area contributed by atoms with E-state index in [1.54, 1.807) is 7.05 Å². The lowest BCUT2D eigenvalue weighted by Crippen LogP contribution is -2.65. The molecule has 1 aliphatic carbocycles. The summed E-state index contributed by atoms with van der Waals surface area (Å²) in [4.78, 5) is 55.0. The number of alkyl carbamates (subject to hydrolysis) is 1. The maximum atomic E-state index is 13.7. The number of piperazine rings is 1. The molecule has 4 atom stereocenters. The van der Waals surface area contributed by atoms with Crippen molar-refractivity contribution in [3.63, 3.8) is 0 Å². The van der Waals surface area contributed by atoms with Crippen LogP contribution in [-0.4, -0.2) is 104 Å². The monoisotopic (exact) mass is 611 g/mol. The molecular weight excluding hydrogens is 564 g/mol. The number of hydrogen-bond donors (Lipinski definition) is 4. The smallest absolute Gasteiger partial charge is 0.408 e. The third-order valence-electron chi connectivity index (χ3n) is 8.64. The number of hydrogen-bond acceptors (Lipinski definition) is 8. The van der Waals surface area contributed by atoms with Crippen LogP contribution in [0.15, 0.2) is 12.2 Å². The topological polar surface area (TPSA) is 163 Å². The van der Waals surface area contributed by atoms with Crippen molar-refractivity contribution in [2.24, 2.45) is 5.92 Å². The van der Waals surface area contributed by atoms with Gasteiger partial charge in [0.05, 0.1) is 7.05 Å². The van der Waals surface area contributed by atoms with Crippen LogP contribution in [0, 0.1) is 5.92 Å². The highest BCUT2D eigenvalue weighted by Crippen LogP contribution is 2.46. The van der Waals surface area contributed by atoms with Gasteiger partial charge in [-0.1, -0.05) is 18.6 Å². The van der Waals surface area contributed by atoms with Crippen molar-refractivity contribution in [2.45, 2.75) is 95.4 Å². The molecule has 0 aromatic rings. The van der Waals surface area contributed by atoms with Crippen molar-refractivity contribution < 1.29 is 36.2 Å². The van der Waals surface area contributed by atoms with Crippen molar-refractivity contribution in [3.05, 3.63) is 12.2 Å². The summed E-state index contributed by atoms with van der Waals surface area (Å²) >= 11 is 0. The lowest BCUT2D eigenvalue weighted by atomic mass is 10.1. The average Bonchev–Trinajstić information content (AvgIpc) is 3.35. The molecule has 4 rings (SSSR count). The van der Waals surface area contributed by atoms with Gasteiger partial charge in [0.1, 0.15) is 24.7 Å². The predicted octanol–water partition coefficient (Wildman–Crippen LogP) is 0.677. The number of amides is 4. The summed E-state index contributed by atoms with van der Waals surface area (Å²) in [5, 5.41) is 8.71. The number of nitrogens with one attached hydrogen (secondary N) is 4. The summed E-state index contributed by atoms with van der Waals surface area (Å²) in [6.45, 7) is 7.39. The second kappa shape index (κ2) is 12.5. The van der Waals surface area contributed by atoms with Crippen LogP contribution >= 0.6 is 0 Å². The van der Waals surface area contributed by atoms with Crippen LogP contribution < -0.4 is 20.7 Å². The number of carbonyl (C=O) groups excluding carboxylic acids is 4. The first-order valence-electron chi connectivity index (χ1n) is 15.1. The molecule has 4 aliphatic rings. The number of rotatable bonds is 4. The zero-order chi connectivity index (χ0) is 30.8. The number of fused-ring (bicyclic) bond motifs is 2. The van der Waals surface area contributed by atoms with E-state index in [-0.39, 0.29) is 16.2 Å². The van der Waals surface area contributed by atoms with E-state index < -0.39 is 57.2 Å². The molecule has 4 N–H and O–H groups in total. The number of allylic oxidation sites excluding steroid dienone is 1. The van der Waals surface area contributed by atoms with Crippen molar-refractivity contribution in [2.75, 3.05) is 39.8 Å². The van der Waals surface area contributed by atoms with Crippen LogP contribution in [0.1, 0.15) is 72.1 Å². The Bertz CT molecular complexity index is 1190. The van der Waals surface area contributed by atoms with Gasteiger partial charge >= 0.3 is 16.3 Å². The fraction of sp³-hybridized carbons (Fsp3) is 0.786. The Morgan fingerprint density at radius 2 is 1.81 bits per heavy atom. The molecule has 13 nitrogen and oxygen atoms in total. The molecule has 1 saturated carbocycles. The van der Waals surface area contributed by atoms with E-state index in [4.69, 9.17) is 4.74 Å². The van der Waals surface area contributed by atoms with E-state index in [2.05, 4.69) is 20.7 Å². The van der Waals surface area contributed by atoms with Gasteiger partial charge in [-0.2, -0.15) is 8.42 Å². The normalized spacial score (nSPS) is 30.6. The van der Waals surface area contributed by atoms with Gasteiger partial charge in [0.15, 0.2) is 6.10 Å². The quantitative estimate of drug-likeness (QED) is 0.266. The van der Waals surface area contributed by atoms with E-state index in [1.807, 2.05) is 32.9 Å². The van der Waals surface area contributed by atoms with Gasteiger partial charge in [0, 0.05) is 31.1 Å². The SMILES string of the molecule is CC(C)(C)NC(=O)O[C@H]1CCCCCC=C[C@@H]2C[C@@]2(C(=O)NS(=O)(=O)[N+]2(C)CCNCC2)NC(=O)[C@@H]2CCCN2C1=O. The highest BCUT2D eigenvalue weighted by atomic mass is 32.2. The van der Waals surface area contributed by atoms with Crippen molar-refractivity contribution in [1.29, 1.82) is 0 Å². The Hall–Kier alpha value is -2.71. The lowest BCUT2D eigenvalue weighted by molar-refractivity contribution is -0.788. The molecule has 3 heterocycles. The molecule has 14 heteroatoms. The molecule has 2 saturated heterocycles. The average molecular weight is 612 g/mol. The maximum Gasteiger partial charge on any atom is 0.408 e. The van der Waals surface area contributed by atoms with Gasteiger partial charge in [-0.25, -0.2) is 13.4 Å². The Morgan fingerprint density at radius 1 is 1.10 bits per heavy atom. The van der Waals surface area contributed by atoms with Crippen LogP contribution in [-0.2, 0) is 29.3 Å². The highest BCUT2D eigenvalue weighted by molar-refractivity contribution is 7.84. The molecule has 3 aliphatic heterocycles. The third-order valence-corrected chi connectivity index (χ3v) is 10.6. The third kappa shape index (κ3) is 7.25. The molecule has 0 aromatic carbocycles. The Balaban J connectivity index is 1.55. The van der Waals surface area contributed by atoms with Gasteiger partial charge in [0.2, 0.25) is 5.91 Å². The van der Waals surface area contributed by atoms with Crippen LogP contribution in [0.25, 0.3) is 0 Å². The summed E-state index contributed by atoms with van der Waals surface area (Å²) < 4.78 is 34.2. The summed E-state index contributed by atoms with van der Waals surface area (Å²) in [5.74, 6) is -2.07. The Labute approximate surface area is 248 Å². The molecule has 0 radical (unpaired) electrons. The highest BCUT2D eigenvalue weighted by Gasteiger charge is 2.62. The zero-order valence-corrected chi connectivity index (χ0v) is 26.1. The van der Waals surface area contributed by atoms with E-state index in [0.29, 0.717) is 58.4 Å². The van der Waals surface area contributed by atoms with E-state index in [0.717, 1.165) is 19.3 Å². The lowest BCUT2D eigenvalue weighted by Gasteiger charge is -2.36. The molecular formula is C28H47N6O7S+. The van der Waals surface area contributed by atoms with Gasteiger partial charge in [0.25, 0.3) is 11.8 Å². The van der Waals surface area contributed by atoms with Crippen LogP contribution in [0.5, 0.6) is 0 Å². The second-order valence-corrected chi connectivity index (χ2v) is 15.2. The predicted molar refractivity (Wildman–Crippen MR) is 155 cm³/mol. The maximum absolute atomic E-state index is 13.7. The van der Waals surface area contributed by atoms with Crippen LogP contribution in [0.2, 0.25) is 0 Å². The molecule has 0 aromatic heterocycles. The number of quaternary nitrogens is 1.